The smallest absolute Gasteiger partial charge is 0.193 e. The predicted molar refractivity (Wildman–Crippen MR) is 124 cm³/mol. The van der Waals surface area contributed by atoms with E-state index >= 15 is 0 Å². The van der Waals surface area contributed by atoms with Gasteiger partial charge >= 0.3 is 0 Å². The van der Waals surface area contributed by atoms with Gasteiger partial charge in [-0.25, -0.2) is 0 Å². The molecule has 3 aliphatic heterocycles. The Morgan fingerprint density at radius 1 is 1.18 bits per heavy atom. The lowest BCUT2D eigenvalue weighted by Crippen LogP contribution is -2.50. The summed E-state index contributed by atoms with van der Waals surface area (Å²) in [5, 5.41) is 3.62. The minimum Gasteiger partial charge on any atom is -0.373 e. The zero-order valence-electron chi connectivity index (χ0n) is 17.1. The number of guanidine groups is 1. The number of hydrogen-bond donors (Lipinski definition) is 1. The monoisotopic (exact) mass is 499 g/mol. The Labute approximate surface area is 186 Å². The molecule has 0 aliphatic carbocycles. The fourth-order valence-electron chi connectivity index (χ4n) is 4.71. The zero-order chi connectivity index (χ0) is 18.6. The second-order valence-corrected chi connectivity index (χ2v) is 8.18. The van der Waals surface area contributed by atoms with Crippen LogP contribution >= 0.6 is 24.0 Å². The number of morpholine rings is 1. The number of aliphatic imine (C=N–C) groups is 1. The minimum atomic E-state index is 0. The highest BCUT2D eigenvalue weighted by Gasteiger charge is 2.41. The van der Waals surface area contributed by atoms with Crippen LogP contribution in [0.4, 0.5) is 0 Å². The van der Waals surface area contributed by atoms with Crippen LogP contribution in [0, 0.1) is 5.92 Å². The van der Waals surface area contributed by atoms with Crippen molar-refractivity contribution in [1.29, 1.82) is 0 Å². The number of fused-ring (bicyclic) bond motifs is 1. The van der Waals surface area contributed by atoms with Crippen LogP contribution in [0.25, 0.3) is 0 Å². The van der Waals surface area contributed by atoms with E-state index in [0.29, 0.717) is 6.04 Å². The first-order valence-corrected chi connectivity index (χ1v) is 10.3. The fourth-order valence-corrected chi connectivity index (χ4v) is 4.71. The van der Waals surface area contributed by atoms with Crippen LogP contribution in [0.5, 0.6) is 0 Å². The lowest BCUT2D eigenvalue weighted by atomic mass is 10.1. The molecule has 28 heavy (non-hydrogen) atoms. The third-order valence-corrected chi connectivity index (χ3v) is 6.19. The molecule has 7 heteroatoms. The minimum absolute atomic E-state index is 0. The number of nitrogens with zero attached hydrogens (tertiary/aromatic N) is 4. The Kier molecular flexibility index (Phi) is 7.96. The van der Waals surface area contributed by atoms with Crippen molar-refractivity contribution in [3.8, 4) is 0 Å². The molecule has 3 unspecified atom stereocenters. The summed E-state index contributed by atoms with van der Waals surface area (Å²) in [5.41, 5.74) is 1.38. The summed E-state index contributed by atoms with van der Waals surface area (Å²) in [6, 6.07) is 11.2. The van der Waals surface area contributed by atoms with E-state index in [1.807, 2.05) is 7.05 Å². The van der Waals surface area contributed by atoms with Gasteiger partial charge in [0.2, 0.25) is 0 Å². The van der Waals surface area contributed by atoms with Gasteiger partial charge in [-0.15, -0.1) is 24.0 Å². The van der Waals surface area contributed by atoms with Crippen LogP contribution in [0.3, 0.4) is 0 Å². The average molecular weight is 499 g/mol. The third-order valence-electron chi connectivity index (χ3n) is 6.19. The standard InChI is InChI=1S/C21H33N5O.HI/c1-22-21(23-12-18-8-9-24(2)13-18)26-15-19-20(16-26)27-11-10-25(19)14-17-6-4-3-5-7-17;/h3-7,18-20H,8-16H2,1-2H3,(H,22,23);1H. The highest BCUT2D eigenvalue weighted by Crippen LogP contribution is 2.25. The number of nitrogens with one attached hydrogen (secondary N) is 1. The van der Waals surface area contributed by atoms with Gasteiger partial charge in [0, 0.05) is 46.3 Å². The summed E-state index contributed by atoms with van der Waals surface area (Å²) in [6.45, 7) is 8.15. The van der Waals surface area contributed by atoms with Gasteiger partial charge in [0.1, 0.15) is 0 Å². The zero-order valence-corrected chi connectivity index (χ0v) is 19.4. The van der Waals surface area contributed by atoms with Crippen molar-refractivity contribution in [2.24, 2.45) is 10.9 Å². The lowest BCUT2D eigenvalue weighted by Gasteiger charge is -2.36. The van der Waals surface area contributed by atoms with Crippen molar-refractivity contribution in [1.82, 2.24) is 20.0 Å². The normalized spacial score (nSPS) is 28.9. The Balaban J connectivity index is 0.00000225. The maximum atomic E-state index is 6.11. The molecule has 1 N–H and O–H groups in total. The van der Waals surface area contributed by atoms with E-state index in [0.717, 1.165) is 51.2 Å². The second kappa shape index (κ2) is 10.2. The van der Waals surface area contributed by atoms with E-state index < -0.39 is 0 Å². The molecule has 156 valence electrons. The average Bonchev–Trinajstić information content (AvgIpc) is 3.30. The van der Waals surface area contributed by atoms with Crippen LogP contribution in [-0.2, 0) is 11.3 Å². The number of rotatable bonds is 4. The van der Waals surface area contributed by atoms with Crippen molar-refractivity contribution in [2.45, 2.75) is 25.1 Å². The van der Waals surface area contributed by atoms with Gasteiger partial charge < -0.3 is 19.9 Å². The summed E-state index contributed by atoms with van der Waals surface area (Å²) >= 11 is 0. The van der Waals surface area contributed by atoms with Crippen LogP contribution in [-0.4, -0.2) is 92.8 Å². The molecule has 0 bridgehead atoms. The molecular formula is C21H34IN5O. The van der Waals surface area contributed by atoms with Gasteiger partial charge in [0.25, 0.3) is 0 Å². The summed E-state index contributed by atoms with van der Waals surface area (Å²) in [6.07, 6.45) is 1.55. The largest absolute Gasteiger partial charge is 0.373 e. The van der Waals surface area contributed by atoms with Gasteiger partial charge in [-0.3, -0.25) is 9.89 Å². The second-order valence-electron chi connectivity index (χ2n) is 8.18. The van der Waals surface area contributed by atoms with E-state index in [1.165, 1.54) is 25.1 Å². The highest BCUT2D eigenvalue weighted by atomic mass is 127. The summed E-state index contributed by atoms with van der Waals surface area (Å²) < 4.78 is 6.11. The molecular weight excluding hydrogens is 465 g/mol. The first kappa shape index (κ1) is 21.8. The Morgan fingerprint density at radius 3 is 2.71 bits per heavy atom. The quantitative estimate of drug-likeness (QED) is 0.389. The van der Waals surface area contributed by atoms with E-state index in [9.17, 15) is 0 Å². The molecule has 1 aromatic carbocycles. The molecule has 3 heterocycles. The molecule has 3 aliphatic rings. The first-order valence-electron chi connectivity index (χ1n) is 10.3. The maximum absolute atomic E-state index is 6.11. The number of benzene rings is 1. The predicted octanol–water partition coefficient (Wildman–Crippen LogP) is 1.72. The summed E-state index contributed by atoms with van der Waals surface area (Å²) in [5.74, 6) is 1.75. The molecule has 3 saturated heterocycles. The number of halogens is 1. The van der Waals surface area contributed by atoms with Crippen LogP contribution in [0.2, 0.25) is 0 Å². The molecule has 0 aromatic heterocycles. The maximum Gasteiger partial charge on any atom is 0.193 e. The highest BCUT2D eigenvalue weighted by molar-refractivity contribution is 14.0. The van der Waals surface area contributed by atoms with Crippen LogP contribution in [0.1, 0.15) is 12.0 Å². The van der Waals surface area contributed by atoms with E-state index in [1.54, 1.807) is 0 Å². The fraction of sp³-hybridized carbons (Fsp3) is 0.667. The molecule has 4 rings (SSSR count). The van der Waals surface area contributed by atoms with Crippen molar-refractivity contribution in [3.63, 3.8) is 0 Å². The molecule has 3 atom stereocenters. The van der Waals surface area contributed by atoms with Gasteiger partial charge in [-0.1, -0.05) is 30.3 Å². The van der Waals surface area contributed by atoms with E-state index in [2.05, 4.69) is 62.4 Å². The van der Waals surface area contributed by atoms with Crippen molar-refractivity contribution >= 4 is 29.9 Å². The van der Waals surface area contributed by atoms with Gasteiger partial charge in [-0.2, -0.15) is 0 Å². The lowest BCUT2D eigenvalue weighted by molar-refractivity contribution is -0.0502. The molecule has 1 aromatic rings. The molecule has 6 nitrogen and oxygen atoms in total. The van der Waals surface area contributed by atoms with Crippen molar-refractivity contribution in [2.75, 3.05) is 60.0 Å². The molecule has 0 saturated carbocycles. The van der Waals surface area contributed by atoms with E-state index in [4.69, 9.17) is 4.74 Å². The summed E-state index contributed by atoms with van der Waals surface area (Å²) in [7, 11) is 4.10. The Bertz CT molecular complexity index is 643. The molecule has 3 fully saturated rings. The Hall–Kier alpha value is -0.900. The van der Waals surface area contributed by atoms with Gasteiger partial charge in [0.05, 0.1) is 18.8 Å². The van der Waals surface area contributed by atoms with Crippen molar-refractivity contribution in [3.05, 3.63) is 35.9 Å². The number of likely N-dealkylation sites (tertiary alicyclic amines) is 2. The van der Waals surface area contributed by atoms with E-state index in [-0.39, 0.29) is 30.1 Å². The third kappa shape index (κ3) is 5.17. The SMILES string of the molecule is CN=C(NCC1CCN(C)C1)N1CC2OCCN(Cc3ccccc3)C2C1.I. The Morgan fingerprint density at radius 2 is 2.00 bits per heavy atom. The van der Waals surface area contributed by atoms with Crippen LogP contribution in [0.15, 0.2) is 35.3 Å². The van der Waals surface area contributed by atoms with Gasteiger partial charge in [0.15, 0.2) is 5.96 Å². The molecule has 0 radical (unpaired) electrons. The molecule has 0 amide bonds. The number of ether oxygens (including phenoxy) is 1. The van der Waals surface area contributed by atoms with Crippen LogP contribution < -0.4 is 5.32 Å². The number of hydrogen-bond acceptors (Lipinski definition) is 4. The topological polar surface area (TPSA) is 43.3 Å². The van der Waals surface area contributed by atoms with Gasteiger partial charge in [-0.05, 0) is 31.5 Å². The van der Waals surface area contributed by atoms with Crippen molar-refractivity contribution < 1.29 is 4.74 Å². The first-order chi connectivity index (χ1) is 13.2. The summed E-state index contributed by atoms with van der Waals surface area (Å²) in [4.78, 5) is 11.9. The molecule has 0 spiro atoms.